The summed E-state index contributed by atoms with van der Waals surface area (Å²) < 4.78 is 4.78. The van der Waals surface area contributed by atoms with Crippen molar-refractivity contribution in [1.82, 2.24) is 4.90 Å². The number of aryl methyl sites for hydroxylation is 2. The number of aliphatic hydroxyl groups is 1. The molecule has 43 heavy (non-hydrogen) atoms. The Labute approximate surface area is 266 Å². The number of carbonyl (C=O) groups excluding carboxylic acids is 3. The summed E-state index contributed by atoms with van der Waals surface area (Å²) in [5.41, 5.74) is 3.61. The number of alkyl halides is 1. The van der Waals surface area contributed by atoms with E-state index in [9.17, 15) is 14.7 Å². The van der Waals surface area contributed by atoms with E-state index in [-0.39, 0.29) is 41.6 Å². The fraction of sp³-hybridized carbons (Fsp3) is 0.441. The van der Waals surface area contributed by atoms with E-state index >= 15 is 4.79 Å². The van der Waals surface area contributed by atoms with Crippen LogP contribution in [0.2, 0.25) is 0 Å². The molecule has 0 saturated carbocycles. The number of halogens is 1. The number of benzene rings is 2. The number of esters is 1. The van der Waals surface area contributed by atoms with Crippen LogP contribution in [0.25, 0.3) is 0 Å². The van der Waals surface area contributed by atoms with Crippen molar-refractivity contribution in [2.24, 2.45) is 11.8 Å². The summed E-state index contributed by atoms with van der Waals surface area (Å²) in [4.78, 5) is 46.5. The summed E-state index contributed by atoms with van der Waals surface area (Å²) >= 11 is 5.38. The molecule has 2 aromatic carbocycles. The second-order valence-electron chi connectivity index (χ2n) is 11.7. The molecule has 1 spiro atoms. The summed E-state index contributed by atoms with van der Waals surface area (Å²) in [7, 11) is 0. The zero-order chi connectivity index (χ0) is 30.9. The molecule has 2 bridgehead atoms. The number of para-hydroxylation sites is 1. The largest absolute Gasteiger partial charge is 0.465 e. The van der Waals surface area contributed by atoms with Crippen LogP contribution in [0, 0.1) is 25.7 Å². The molecule has 0 aliphatic carbocycles. The minimum Gasteiger partial charge on any atom is -0.465 e. The predicted molar refractivity (Wildman–Crippen MR) is 174 cm³/mol. The zero-order valence-corrected chi connectivity index (χ0v) is 27.1. The summed E-state index contributed by atoms with van der Waals surface area (Å²) in [6, 6.07) is 14.0. The van der Waals surface area contributed by atoms with Gasteiger partial charge in [-0.3, -0.25) is 14.4 Å². The van der Waals surface area contributed by atoms with E-state index in [2.05, 4.69) is 29.1 Å². The SMILES string of the molecule is C=CCCOC(=O)[C@H]1[C@@H]2SC3(CC2Br)C(C(=O)N(CC=C)c2c(C)cccc2C)N([C@@H](CO)Cc2ccccc2)C(=O)[C@H]13. The van der Waals surface area contributed by atoms with Gasteiger partial charge in [0.05, 0.1) is 35.8 Å². The monoisotopic (exact) mass is 666 g/mol. The van der Waals surface area contributed by atoms with Gasteiger partial charge in [-0.05, 0) is 49.8 Å². The molecule has 228 valence electrons. The Morgan fingerprint density at radius 3 is 2.49 bits per heavy atom. The fourth-order valence-electron chi connectivity index (χ4n) is 7.29. The minimum atomic E-state index is -0.897. The molecule has 3 aliphatic heterocycles. The first-order chi connectivity index (χ1) is 20.7. The first kappa shape index (κ1) is 31.5. The number of anilines is 1. The van der Waals surface area contributed by atoms with Crippen molar-refractivity contribution in [3.05, 3.63) is 90.5 Å². The lowest BCUT2D eigenvalue weighted by Gasteiger charge is -2.40. The van der Waals surface area contributed by atoms with E-state index < -0.39 is 34.6 Å². The molecule has 3 aliphatic rings. The van der Waals surface area contributed by atoms with E-state index in [1.54, 1.807) is 33.7 Å². The number of rotatable bonds is 12. The van der Waals surface area contributed by atoms with Crippen LogP contribution in [0.15, 0.2) is 73.8 Å². The van der Waals surface area contributed by atoms with Crippen LogP contribution in [-0.2, 0) is 25.5 Å². The molecule has 5 rings (SSSR count). The van der Waals surface area contributed by atoms with Crippen LogP contribution < -0.4 is 4.90 Å². The maximum absolute atomic E-state index is 15.0. The van der Waals surface area contributed by atoms with Crippen LogP contribution >= 0.6 is 27.7 Å². The molecule has 7 nitrogen and oxygen atoms in total. The number of aliphatic hydroxyl groups excluding tert-OH is 1. The van der Waals surface area contributed by atoms with Gasteiger partial charge in [0.25, 0.3) is 5.91 Å². The van der Waals surface area contributed by atoms with Crippen molar-refractivity contribution in [2.45, 2.75) is 60.0 Å². The molecule has 3 fully saturated rings. The first-order valence-electron chi connectivity index (χ1n) is 14.7. The molecule has 0 aromatic heterocycles. The fourth-order valence-corrected chi connectivity index (χ4v) is 10.9. The Bertz CT molecular complexity index is 1380. The van der Waals surface area contributed by atoms with Gasteiger partial charge in [-0.2, -0.15) is 0 Å². The maximum atomic E-state index is 15.0. The van der Waals surface area contributed by atoms with E-state index in [1.165, 1.54) is 0 Å². The van der Waals surface area contributed by atoms with Gasteiger partial charge in [0.2, 0.25) is 5.91 Å². The normalized spacial score (nSPS) is 28.0. The van der Waals surface area contributed by atoms with E-state index in [1.807, 2.05) is 62.4 Å². The highest BCUT2D eigenvalue weighted by Crippen LogP contribution is 2.68. The molecule has 0 radical (unpaired) electrons. The second-order valence-corrected chi connectivity index (χ2v) is 14.4. The molecule has 7 atom stereocenters. The number of fused-ring (bicyclic) bond motifs is 1. The Balaban J connectivity index is 1.63. The predicted octanol–water partition coefficient (Wildman–Crippen LogP) is 5.01. The molecule has 1 N–H and O–H groups in total. The van der Waals surface area contributed by atoms with Crippen LogP contribution in [0.5, 0.6) is 0 Å². The number of hydrogen-bond acceptors (Lipinski definition) is 6. The summed E-state index contributed by atoms with van der Waals surface area (Å²) in [6.07, 6.45) is 4.81. The number of likely N-dealkylation sites (tertiary alicyclic amines) is 1. The maximum Gasteiger partial charge on any atom is 0.310 e. The van der Waals surface area contributed by atoms with Gasteiger partial charge < -0.3 is 19.6 Å². The third-order valence-electron chi connectivity index (χ3n) is 9.00. The molecular weight excluding hydrogens is 628 g/mol. The number of hydrogen-bond donors (Lipinski definition) is 1. The molecule has 9 heteroatoms. The standard InChI is InChI=1S/C34H39BrN2O5S/c1-5-7-17-42-33(41)26-27-31(39)37(24(20-38)18-23-14-9-8-10-15-23)30(34(27)19-25(35)29(26)43-34)32(40)36(16-6-2)28-21(3)12-11-13-22(28)4/h5-6,8-15,24-27,29-30,38H,1-2,7,16-20H2,3-4H3/t24-,25?,26-,27+,29-,30?,34?/m1/s1. The first-order valence-corrected chi connectivity index (χ1v) is 16.5. The van der Waals surface area contributed by atoms with E-state index in [4.69, 9.17) is 4.74 Å². The second kappa shape index (κ2) is 13.0. The van der Waals surface area contributed by atoms with Crippen LogP contribution in [0.3, 0.4) is 0 Å². The molecular formula is C34H39BrN2O5S. The lowest BCUT2D eigenvalue weighted by Crippen LogP contribution is -2.58. The van der Waals surface area contributed by atoms with E-state index in [0.29, 0.717) is 19.3 Å². The van der Waals surface area contributed by atoms with Crippen molar-refractivity contribution in [2.75, 3.05) is 24.7 Å². The van der Waals surface area contributed by atoms with E-state index in [0.717, 1.165) is 22.4 Å². The van der Waals surface area contributed by atoms with Crippen LogP contribution in [-0.4, -0.2) is 74.5 Å². The minimum absolute atomic E-state index is 0.0801. The van der Waals surface area contributed by atoms with Crippen molar-refractivity contribution in [1.29, 1.82) is 0 Å². The lowest BCUT2D eigenvalue weighted by atomic mass is 9.71. The molecule has 3 unspecified atom stereocenters. The van der Waals surface area contributed by atoms with Gasteiger partial charge in [0, 0.05) is 22.3 Å². The molecule has 2 amide bonds. The van der Waals surface area contributed by atoms with Crippen LogP contribution in [0.4, 0.5) is 5.69 Å². The summed E-state index contributed by atoms with van der Waals surface area (Å²) in [5.74, 6) is -2.36. The molecule has 2 aromatic rings. The van der Waals surface area contributed by atoms with Gasteiger partial charge in [-0.25, -0.2) is 0 Å². The average molecular weight is 668 g/mol. The topological polar surface area (TPSA) is 87.2 Å². The molecule has 3 saturated heterocycles. The van der Waals surface area contributed by atoms with Gasteiger partial charge in [0.1, 0.15) is 6.04 Å². The Morgan fingerprint density at radius 1 is 1.16 bits per heavy atom. The van der Waals surface area contributed by atoms with Crippen molar-refractivity contribution >= 4 is 51.2 Å². The lowest BCUT2D eigenvalue weighted by molar-refractivity contribution is -0.154. The third-order valence-corrected chi connectivity index (χ3v) is 12.2. The summed E-state index contributed by atoms with van der Waals surface area (Å²) in [6.45, 7) is 11.7. The average Bonchev–Trinajstić information content (AvgIpc) is 3.59. The third kappa shape index (κ3) is 5.49. The highest BCUT2D eigenvalue weighted by molar-refractivity contribution is 9.09. The zero-order valence-electron chi connectivity index (χ0n) is 24.7. The Hall–Kier alpha value is -2.88. The van der Waals surface area contributed by atoms with Gasteiger partial charge in [0.15, 0.2) is 0 Å². The van der Waals surface area contributed by atoms with Gasteiger partial charge >= 0.3 is 5.97 Å². The number of nitrogens with zero attached hydrogens (tertiary/aromatic N) is 2. The number of amides is 2. The van der Waals surface area contributed by atoms with Crippen molar-refractivity contribution < 1.29 is 24.2 Å². The quantitative estimate of drug-likeness (QED) is 0.148. The number of carbonyl (C=O) groups is 3. The smallest absolute Gasteiger partial charge is 0.310 e. The highest BCUT2D eigenvalue weighted by Gasteiger charge is 2.76. The Kier molecular flexibility index (Phi) is 9.54. The molecule has 3 heterocycles. The number of ether oxygens (including phenoxy) is 1. The summed E-state index contributed by atoms with van der Waals surface area (Å²) in [5, 5.41) is 10.6. The number of thioether (sulfide) groups is 1. The van der Waals surface area contributed by atoms with Crippen molar-refractivity contribution in [3.8, 4) is 0 Å². The Morgan fingerprint density at radius 2 is 1.86 bits per heavy atom. The van der Waals surface area contributed by atoms with Crippen LogP contribution in [0.1, 0.15) is 29.5 Å². The van der Waals surface area contributed by atoms with Gasteiger partial charge in [-0.1, -0.05) is 76.6 Å². The van der Waals surface area contributed by atoms with Gasteiger partial charge in [-0.15, -0.1) is 24.9 Å². The highest BCUT2D eigenvalue weighted by atomic mass is 79.9. The van der Waals surface area contributed by atoms with Crippen molar-refractivity contribution in [3.63, 3.8) is 0 Å².